The number of aliphatic hydroxyl groups is 1. The molecule has 0 aliphatic rings. The van der Waals surface area contributed by atoms with Gasteiger partial charge in [0.2, 0.25) is 24.1 Å². The van der Waals surface area contributed by atoms with Crippen LogP contribution in [0.15, 0.2) is 60.7 Å². The Morgan fingerprint density at radius 1 is 0.696 bits per heavy atom. The third-order valence-electron chi connectivity index (χ3n) is 7.81. The van der Waals surface area contributed by atoms with Crippen LogP contribution < -0.4 is 21.3 Å². The molecule has 0 aliphatic carbocycles. The number of rotatable bonds is 20. The molecule has 0 radical (unpaired) electrons. The summed E-state index contributed by atoms with van der Waals surface area (Å²) in [6.07, 6.45) is 2.16. The Morgan fingerprint density at radius 3 is 1.67 bits per heavy atom. The first kappa shape index (κ1) is 38.1. The number of carbonyl (C=O) groups is 5. The average Bonchev–Trinajstić information content (AvgIpc) is 3.02. The van der Waals surface area contributed by atoms with Gasteiger partial charge in [0.05, 0.1) is 12.6 Å². The van der Waals surface area contributed by atoms with E-state index in [0.717, 1.165) is 11.1 Å². The number of Topliss-reactive ketones (excluding diaryl/α,β-unsaturated/α-hetero) is 1. The smallest absolute Gasteiger partial charge is 0.243 e. The highest BCUT2D eigenvalue weighted by molar-refractivity contribution is 5.96. The zero-order valence-electron chi connectivity index (χ0n) is 28.0. The van der Waals surface area contributed by atoms with E-state index in [1.807, 2.05) is 88.4 Å². The van der Waals surface area contributed by atoms with Crippen LogP contribution >= 0.6 is 0 Å². The van der Waals surface area contributed by atoms with Gasteiger partial charge in [0.15, 0.2) is 5.78 Å². The maximum Gasteiger partial charge on any atom is 0.243 e. The van der Waals surface area contributed by atoms with Crippen LogP contribution in [0.2, 0.25) is 0 Å². The molecule has 0 spiro atoms. The van der Waals surface area contributed by atoms with Crippen molar-refractivity contribution in [3.63, 3.8) is 0 Å². The van der Waals surface area contributed by atoms with Gasteiger partial charge in [-0.3, -0.25) is 24.0 Å². The van der Waals surface area contributed by atoms with Crippen LogP contribution in [0.25, 0.3) is 0 Å². The van der Waals surface area contributed by atoms with Crippen molar-refractivity contribution < 1.29 is 29.1 Å². The summed E-state index contributed by atoms with van der Waals surface area (Å²) in [5.74, 6) is -1.78. The summed E-state index contributed by atoms with van der Waals surface area (Å²) >= 11 is 0. The topological polar surface area (TPSA) is 154 Å². The molecule has 4 amide bonds. The zero-order chi connectivity index (χ0) is 34.3. The molecule has 46 heavy (non-hydrogen) atoms. The number of aryl methyl sites for hydroxylation is 1. The Balaban J connectivity index is 2.30. The molecule has 0 heterocycles. The minimum absolute atomic E-state index is 0.0213. The van der Waals surface area contributed by atoms with Crippen molar-refractivity contribution in [1.29, 1.82) is 0 Å². The van der Waals surface area contributed by atoms with Gasteiger partial charge in [-0.25, -0.2) is 0 Å². The van der Waals surface area contributed by atoms with Crippen LogP contribution in [0, 0.1) is 17.3 Å². The standard InChI is InChI=1S/C36H52N4O6/c1-24(2)19-29(32(43)36(5,6)22-41)38-35(46)31(21-27-15-11-8-12-16-27)40-34(45)30(20-25(3)4)39-33(44)28(37-23-42)18-17-26-13-9-7-10-14-26/h7-16,23-25,28-31,41H,17-22H2,1-6H3,(H,37,42)(H,38,46)(H,39,44)(H,40,45)/t28-,29+,30?,31?/m0/s1. The molecule has 0 bridgehead atoms. The number of carbonyl (C=O) groups excluding carboxylic acids is 5. The normalized spacial score (nSPS) is 14.1. The summed E-state index contributed by atoms with van der Waals surface area (Å²) < 4.78 is 0. The van der Waals surface area contributed by atoms with Gasteiger partial charge < -0.3 is 26.4 Å². The van der Waals surface area contributed by atoms with E-state index >= 15 is 0 Å². The molecule has 10 nitrogen and oxygen atoms in total. The summed E-state index contributed by atoms with van der Waals surface area (Å²) in [4.78, 5) is 65.6. The van der Waals surface area contributed by atoms with Crippen molar-refractivity contribution >= 4 is 29.9 Å². The van der Waals surface area contributed by atoms with Gasteiger partial charge in [-0.05, 0) is 48.6 Å². The van der Waals surface area contributed by atoms with Gasteiger partial charge >= 0.3 is 0 Å². The van der Waals surface area contributed by atoms with E-state index in [1.165, 1.54) is 0 Å². The van der Waals surface area contributed by atoms with Crippen molar-refractivity contribution in [1.82, 2.24) is 21.3 Å². The molecule has 2 rings (SSSR count). The van der Waals surface area contributed by atoms with E-state index in [-0.39, 0.29) is 30.6 Å². The molecule has 0 saturated carbocycles. The number of nitrogens with one attached hydrogen (secondary N) is 4. The second-order valence-electron chi connectivity index (χ2n) is 13.4. The van der Waals surface area contributed by atoms with Gasteiger partial charge in [-0.15, -0.1) is 0 Å². The lowest BCUT2D eigenvalue weighted by molar-refractivity contribution is -0.137. The van der Waals surface area contributed by atoms with Crippen molar-refractivity contribution in [3.8, 4) is 0 Å². The van der Waals surface area contributed by atoms with Crippen LogP contribution in [-0.4, -0.2) is 65.8 Å². The van der Waals surface area contributed by atoms with Crippen LogP contribution in [0.5, 0.6) is 0 Å². The average molecular weight is 637 g/mol. The summed E-state index contributed by atoms with van der Waals surface area (Å²) in [6.45, 7) is 10.6. The second-order valence-corrected chi connectivity index (χ2v) is 13.4. The fourth-order valence-corrected chi connectivity index (χ4v) is 5.16. The minimum Gasteiger partial charge on any atom is -0.395 e. The first-order valence-electron chi connectivity index (χ1n) is 16.1. The largest absolute Gasteiger partial charge is 0.395 e. The number of hydrogen-bond acceptors (Lipinski definition) is 6. The van der Waals surface area contributed by atoms with Crippen molar-refractivity contribution in [2.45, 2.75) is 97.8 Å². The first-order valence-corrected chi connectivity index (χ1v) is 16.1. The maximum absolute atomic E-state index is 13.8. The second kappa shape index (κ2) is 18.8. The lowest BCUT2D eigenvalue weighted by Crippen LogP contribution is -2.59. The maximum atomic E-state index is 13.8. The molecule has 0 saturated heterocycles. The molecular formula is C36H52N4O6. The number of hydrogen-bond donors (Lipinski definition) is 5. The van der Waals surface area contributed by atoms with Gasteiger partial charge in [0, 0.05) is 11.8 Å². The van der Waals surface area contributed by atoms with Crippen LogP contribution in [0.4, 0.5) is 0 Å². The van der Waals surface area contributed by atoms with E-state index in [2.05, 4.69) is 21.3 Å². The monoisotopic (exact) mass is 636 g/mol. The molecule has 0 fully saturated rings. The summed E-state index contributed by atoms with van der Waals surface area (Å²) in [5, 5.41) is 20.9. The Kier molecular flexibility index (Phi) is 15.6. The number of aliphatic hydroxyl groups excluding tert-OH is 1. The molecule has 5 N–H and O–H groups in total. The summed E-state index contributed by atoms with van der Waals surface area (Å²) in [5.41, 5.74) is 0.742. The fourth-order valence-electron chi connectivity index (χ4n) is 5.16. The molecule has 2 unspecified atom stereocenters. The lowest BCUT2D eigenvalue weighted by atomic mass is 9.82. The first-order chi connectivity index (χ1) is 21.8. The fraction of sp³-hybridized carbons (Fsp3) is 0.528. The van der Waals surface area contributed by atoms with E-state index in [0.29, 0.717) is 32.1 Å². The minimum atomic E-state index is -1.07. The molecule has 2 aromatic rings. The highest BCUT2D eigenvalue weighted by atomic mass is 16.3. The van der Waals surface area contributed by atoms with Crippen LogP contribution in [0.3, 0.4) is 0 Å². The van der Waals surface area contributed by atoms with E-state index in [4.69, 9.17) is 0 Å². The number of ketones is 1. The quantitative estimate of drug-likeness (QED) is 0.141. The van der Waals surface area contributed by atoms with E-state index in [1.54, 1.807) is 13.8 Å². The molecule has 0 aromatic heterocycles. The van der Waals surface area contributed by atoms with Gasteiger partial charge in [0.25, 0.3) is 0 Å². The molecule has 252 valence electrons. The van der Waals surface area contributed by atoms with Gasteiger partial charge in [-0.2, -0.15) is 0 Å². The van der Waals surface area contributed by atoms with E-state index < -0.39 is 47.3 Å². The Labute approximate surface area is 273 Å². The third kappa shape index (κ3) is 12.7. The van der Waals surface area contributed by atoms with Crippen LogP contribution in [-0.2, 0) is 36.8 Å². The molecular weight excluding hydrogens is 584 g/mol. The Morgan fingerprint density at radius 2 is 1.15 bits per heavy atom. The van der Waals surface area contributed by atoms with Gasteiger partial charge in [0.1, 0.15) is 18.1 Å². The van der Waals surface area contributed by atoms with Crippen molar-refractivity contribution in [2.24, 2.45) is 17.3 Å². The molecule has 0 aliphatic heterocycles. The van der Waals surface area contributed by atoms with Gasteiger partial charge in [-0.1, -0.05) is 102 Å². The predicted octanol–water partition coefficient (Wildman–Crippen LogP) is 3.11. The summed E-state index contributed by atoms with van der Waals surface area (Å²) in [7, 11) is 0. The highest BCUT2D eigenvalue weighted by Gasteiger charge is 2.36. The van der Waals surface area contributed by atoms with Crippen molar-refractivity contribution in [3.05, 3.63) is 71.8 Å². The molecule has 2 aromatic carbocycles. The number of benzene rings is 2. The predicted molar refractivity (Wildman–Crippen MR) is 178 cm³/mol. The lowest BCUT2D eigenvalue weighted by Gasteiger charge is -2.30. The zero-order valence-corrected chi connectivity index (χ0v) is 28.0. The van der Waals surface area contributed by atoms with Crippen LogP contribution in [0.1, 0.15) is 71.9 Å². The van der Waals surface area contributed by atoms with E-state index in [9.17, 15) is 29.1 Å². The molecule has 4 atom stereocenters. The highest BCUT2D eigenvalue weighted by Crippen LogP contribution is 2.21. The van der Waals surface area contributed by atoms with Crippen molar-refractivity contribution in [2.75, 3.05) is 6.61 Å². The number of amides is 4. The summed E-state index contributed by atoms with van der Waals surface area (Å²) in [6, 6.07) is 15.0. The SMILES string of the molecule is CC(C)CC(NC(=O)[C@H](CCc1ccccc1)NC=O)C(=O)NC(Cc1ccccc1)C(=O)N[C@H](CC(C)C)C(=O)C(C)(C)CO. The molecule has 10 heteroatoms. The Hall–Kier alpha value is -4.05. The third-order valence-corrected chi connectivity index (χ3v) is 7.81. The Bertz CT molecular complexity index is 1270.